The van der Waals surface area contributed by atoms with E-state index in [1.54, 1.807) is 23.5 Å². The van der Waals surface area contributed by atoms with Gasteiger partial charge in [0.1, 0.15) is 11.8 Å². The lowest BCUT2D eigenvalue weighted by atomic mass is 9.86. The fraction of sp³-hybridized carbons (Fsp3) is 0.542. The molecule has 3 rings (SSSR count). The second-order valence-corrected chi connectivity index (χ2v) is 10.6. The topological polar surface area (TPSA) is 94.6 Å². The summed E-state index contributed by atoms with van der Waals surface area (Å²) in [6, 6.07) is 4.58. The summed E-state index contributed by atoms with van der Waals surface area (Å²) in [4.78, 5) is 33.2. The molecule has 3 N–H and O–H groups in total. The van der Waals surface area contributed by atoms with Crippen LogP contribution < -0.4 is 10.6 Å². The average molecular weight is 459 g/mol. The van der Waals surface area contributed by atoms with Crippen molar-refractivity contribution >= 4 is 23.2 Å². The Hall–Kier alpha value is -2.45. The number of phenolic OH excluding ortho intramolecular Hbond substituents is 1. The number of aromatic nitrogens is 1. The van der Waals surface area contributed by atoms with Gasteiger partial charge in [0.25, 0.3) is 0 Å². The second kappa shape index (κ2) is 9.58. The van der Waals surface area contributed by atoms with Gasteiger partial charge in [-0.25, -0.2) is 4.98 Å². The lowest BCUT2D eigenvalue weighted by Crippen LogP contribution is -2.55. The number of thiazole rings is 1. The van der Waals surface area contributed by atoms with Gasteiger partial charge in [-0.05, 0) is 43.4 Å². The number of aryl methyl sites for hydroxylation is 1. The quantitative estimate of drug-likeness (QED) is 0.617. The van der Waals surface area contributed by atoms with E-state index >= 15 is 0 Å². The molecule has 1 aromatic heterocycles. The number of nitrogens with one attached hydrogen (secondary N) is 2. The van der Waals surface area contributed by atoms with Gasteiger partial charge in [0.05, 0.1) is 22.1 Å². The number of hydrogen-bond donors (Lipinski definition) is 3. The standard InChI is InChI=1S/C24H34N4O3S/c1-14-9-18(28(12-14)23(31)21(25-6)24(3,4)5)22(30)26-11-17-8-7-16(10-19(17)29)20-15(2)27-13-32-20/h7-8,10,13-14,18,21,25,29H,9,11-12H2,1-6H3,(H,26,30)/t14?,18-,21+/m0/s1. The number of carbonyl (C=O) groups excluding carboxylic acids is 2. The van der Waals surface area contributed by atoms with Gasteiger partial charge in [0.2, 0.25) is 11.8 Å². The minimum Gasteiger partial charge on any atom is -0.508 e. The number of likely N-dealkylation sites (tertiary alicyclic amines) is 1. The molecule has 1 saturated heterocycles. The summed E-state index contributed by atoms with van der Waals surface area (Å²) in [6.07, 6.45) is 0.633. The lowest BCUT2D eigenvalue weighted by Gasteiger charge is -2.34. The van der Waals surface area contributed by atoms with Crippen molar-refractivity contribution in [3.63, 3.8) is 0 Å². The first-order valence-corrected chi connectivity index (χ1v) is 11.9. The van der Waals surface area contributed by atoms with E-state index in [9.17, 15) is 14.7 Å². The molecule has 3 atom stereocenters. The third-order valence-corrected chi connectivity index (χ3v) is 7.02. The number of hydrogen-bond acceptors (Lipinski definition) is 6. The Morgan fingerprint density at radius 3 is 2.62 bits per heavy atom. The van der Waals surface area contributed by atoms with Crippen LogP contribution in [0.2, 0.25) is 0 Å². The molecule has 2 aromatic rings. The predicted molar refractivity (Wildman–Crippen MR) is 127 cm³/mol. The van der Waals surface area contributed by atoms with Crippen LogP contribution in [0.25, 0.3) is 10.4 Å². The Morgan fingerprint density at radius 1 is 1.34 bits per heavy atom. The van der Waals surface area contributed by atoms with Crippen LogP contribution in [0.15, 0.2) is 23.7 Å². The Morgan fingerprint density at radius 2 is 2.06 bits per heavy atom. The molecule has 0 spiro atoms. The van der Waals surface area contributed by atoms with Gasteiger partial charge < -0.3 is 20.6 Å². The number of amides is 2. The van der Waals surface area contributed by atoms with Crippen molar-refractivity contribution in [3.05, 3.63) is 35.0 Å². The maximum Gasteiger partial charge on any atom is 0.243 e. The molecule has 1 aromatic carbocycles. The van der Waals surface area contributed by atoms with E-state index < -0.39 is 6.04 Å². The van der Waals surface area contributed by atoms with Crippen LogP contribution in [0.3, 0.4) is 0 Å². The van der Waals surface area contributed by atoms with Gasteiger partial charge in [0, 0.05) is 18.7 Å². The molecule has 1 unspecified atom stereocenters. The monoisotopic (exact) mass is 458 g/mol. The highest BCUT2D eigenvalue weighted by molar-refractivity contribution is 7.13. The average Bonchev–Trinajstić information content (AvgIpc) is 3.31. The fourth-order valence-corrected chi connectivity index (χ4v) is 5.17. The van der Waals surface area contributed by atoms with Gasteiger partial charge in [0.15, 0.2) is 0 Å². The number of phenols is 1. The Balaban J connectivity index is 1.69. The van der Waals surface area contributed by atoms with E-state index in [0.29, 0.717) is 18.5 Å². The molecule has 0 saturated carbocycles. The van der Waals surface area contributed by atoms with Crippen LogP contribution in [0.1, 0.15) is 45.4 Å². The second-order valence-electron chi connectivity index (χ2n) is 9.76. The molecule has 32 heavy (non-hydrogen) atoms. The summed E-state index contributed by atoms with van der Waals surface area (Å²) in [5.41, 5.74) is 3.98. The van der Waals surface area contributed by atoms with Crippen molar-refractivity contribution in [2.45, 2.75) is 59.7 Å². The van der Waals surface area contributed by atoms with E-state index in [1.165, 1.54) is 11.3 Å². The molecule has 174 valence electrons. The molecule has 8 heteroatoms. The first kappa shape index (κ1) is 24.2. The van der Waals surface area contributed by atoms with E-state index in [0.717, 1.165) is 16.1 Å². The number of aromatic hydroxyl groups is 1. The number of nitrogens with zero attached hydrogens (tertiary/aromatic N) is 2. The van der Waals surface area contributed by atoms with Crippen molar-refractivity contribution in [1.29, 1.82) is 0 Å². The van der Waals surface area contributed by atoms with Crippen LogP contribution >= 0.6 is 11.3 Å². The molecule has 7 nitrogen and oxygen atoms in total. The van der Waals surface area contributed by atoms with Crippen LogP contribution in [0.4, 0.5) is 0 Å². The zero-order valence-electron chi connectivity index (χ0n) is 19.7. The SMILES string of the molecule is CN[C@H](C(=O)N1CC(C)C[C@H]1C(=O)NCc1ccc(-c2scnc2C)cc1O)C(C)(C)C. The Labute approximate surface area is 194 Å². The first-order chi connectivity index (χ1) is 15.0. The number of likely N-dealkylation sites (N-methyl/N-ethyl adjacent to an activating group) is 1. The summed E-state index contributed by atoms with van der Waals surface area (Å²) in [5.74, 6) is 0.152. The molecule has 0 bridgehead atoms. The van der Waals surface area contributed by atoms with Crippen molar-refractivity contribution in [3.8, 4) is 16.2 Å². The minimum absolute atomic E-state index is 0.0448. The third-order valence-electron chi connectivity index (χ3n) is 6.04. The largest absolute Gasteiger partial charge is 0.508 e. The molecular weight excluding hydrogens is 424 g/mol. The molecule has 1 aliphatic heterocycles. The lowest BCUT2D eigenvalue weighted by molar-refractivity contribution is -0.142. The predicted octanol–water partition coefficient (Wildman–Crippen LogP) is 3.31. The van der Waals surface area contributed by atoms with E-state index in [1.807, 2.05) is 39.8 Å². The molecule has 2 amide bonds. The zero-order chi connectivity index (χ0) is 23.6. The molecule has 0 radical (unpaired) electrons. The normalized spacial score (nSPS) is 19.8. The van der Waals surface area contributed by atoms with Gasteiger partial charge in [-0.3, -0.25) is 9.59 Å². The first-order valence-electron chi connectivity index (χ1n) is 11.0. The van der Waals surface area contributed by atoms with Gasteiger partial charge in [-0.15, -0.1) is 11.3 Å². The van der Waals surface area contributed by atoms with Crippen molar-refractivity contribution < 1.29 is 14.7 Å². The molecule has 1 aliphatic rings. The fourth-order valence-electron chi connectivity index (χ4n) is 4.36. The maximum atomic E-state index is 13.2. The molecule has 2 heterocycles. The van der Waals surface area contributed by atoms with Gasteiger partial charge in [-0.1, -0.05) is 39.8 Å². The maximum absolute atomic E-state index is 13.2. The van der Waals surface area contributed by atoms with E-state index in [2.05, 4.69) is 22.5 Å². The van der Waals surface area contributed by atoms with Crippen molar-refractivity contribution in [2.75, 3.05) is 13.6 Å². The van der Waals surface area contributed by atoms with Crippen LogP contribution in [0.5, 0.6) is 5.75 Å². The molecule has 1 fully saturated rings. The number of benzene rings is 1. The number of rotatable bonds is 6. The highest BCUT2D eigenvalue weighted by Gasteiger charge is 2.42. The van der Waals surface area contributed by atoms with Gasteiger partial charge in [-0.2, -0.15) is 0 Å². The smallest absolute Gasteiger partial charge is 0.243 e. The van der Waals surface area contributed by atoms with E-state index in [-0.39, 0.29) is 41.5 Å². The van der Waals surface area contributed by atoms with Crippen LogP contribution in [0, 0.1) is 18.3 Å². The van der Waals surface area contributed by atoms with E-state index in [4.69, 9.17) is 0 Å². The summed E-state index contributed by atoms with van der Waals surface area (Å²) in [6.45, 7) is 10.8. The van der Waals surface area contributed by atoms with Crippen LogP contribution in [-0.2, 0) is 16.1 Å². The molecule has 0 aliphatic carbocycles. The summed E-state index contributed by atoms with van der Waals surface area (Å²) >= 11 is 1.53. The van der Waals surface area contributed by atoms with Crippen molar-refractivity contribution in [1.82, 2.24) is 20.5 Å². The summed E-state index contributed by atoms with van der Waals surface area (Å²) in [7, 11) is 1.78. The zero-order valence-corrected chi connectivity index (χ0v) is 20.5. The van der Waals surface area contributed by atoms with Crippen LogP contribution in [-0.4, -0.2) is 52.5 Å². The summed E-state index contributed by atoms with van der Waals surface area (Å²) in [5, 5.41) is 16.5. The Bertz CT molecular complexity index is 982. The highest BCUT2D eigenvalue weighted by atomic mass is 32.1. The third kappa shape index (κ3) is 5.13. The number of carbonyl (C=O) groups is 2. The van der Waals surface area contributed by atoms with Crippen molar-refractivity contribution in [2.24, 2.45) is 11.3 Å². The Kier molecular flexibility index (Phi) is 7.25. The van der Waals surface area contributed by atoms with Gasteiger partial charge >= 0.3 is 0 Å². The summed E-state index contributed by atoms with van der Waals surface area (Å²) < 4.78 is 0. The minimum atomic E-state index is -0.503. The molecular formula is C24H34N4O3S. The highest BCUT2D eigenvalue weighted by Crippen LogP contribution is 2.32.